The molecule has 0 aromatic heterocycles. The van der Waals surface area contributed by atoms with Gasteiger partial charge >= 0.3 is 5.97 Å². The summed E-state index contributed by atoms with van der Waals surface area (Å²) in [6.45, 7) is 0. The summed E-state index contributed by atoms with van der Waals surface area (Å²) in [5.74, 6) is -1.21. The Bertz CT molecular complexity index is 340. The van der Waals surface area contributed by atoms with Gasteiger partial charge in [0.15, 0.2) is 0 Å². The Morgan fingerprint density at radius 3 is 1.94 bits per heavy atom. The van der Waals surface area contributed by atoms with E-state index in [9.17, 15) is 14.4 Å². The summed E-state index contributed by atoms with van der Waals surface area (Å²) >= 11 is 0. The van der Waals surface area contributed by atoms with E-state index in [4.69, 9.17) is 5.11 Å². The van der Waals surface area contributed by atoms with Crippen molar-refractivity contribution in [1.29, 1.82) is 0 Å². The summed E-state index contributed by atoms with van der Waals surface area (Å²) < 4.78 is 0. The van der Waals surface area contributed by atoms with E-state index in [0.717, 1.165) is 12.8 Å². The van der Waals surface area contributed by atoms with Crippen molar-refractivity contribution >= 4 is 17.8 Å². The topological polar surface area (TPSA) is 74.7 Å². The number of nitrogens with zero attached hydrogens (tertiary/aromatic N) is 1. The smallest absolute Gasteiger partial charge is 0.306 e. The number of carboxylic acids is 1. The Morgan fingerprint density at radius 1 is 1.00 bits per heavy atom. The molecular weight excluding hydrogens is 234 g/mol. The second kappa shape index (κ2) is 5.50. The van der Waals surface area contributed by atoms with Crippen molar-refractivity contribution in [1.82, 2.24) is 4.90 Å². The van der Waals surface area contributed by atoms with Gasteiger partial charge in [0, 0.05) is 18.9 Å². The zero-order valence-electron chi connectivity index (χ0n) is 10.4. The average Bonchev–Trinajstić information content (AvgIpc) is 2.51. The monoisotopic (exact) mass is 253 g/mol. The maximum Gasteiger partial charge on any atom is 0.306 e. The summed E-state index contributed by atoms with van der Waals surface area (Å²) in [5.41, 5.74) is 0. The fourth-order valence-corrected chi connectivity index (χ4v) is 2.92. The molecule has 0 atom stereocenters. The number of rotatable bonds is 2. The number of carbonyl (C=O) groups is 3. The van der Waals surface area contributed by atoms with E-state index in [1.165, 1.54) is 4.90 Å². The Labute approximate surface area is 106 Å². The van der Waals surface area contributed by atoms with Crippen LogP contribution < -0.4 is 0 Å². The minimum absolute atomic E-state index is 0.0706. The van der Waals surface area contributed by atoms with Crippen LogP contribution in [0, 0.1) is 5.92 Å². The van der Waals surface area contributed by atoms with Crippen LogP contribution in [0.15, 0.2) is 0 Å². The lowest BCUT2D eigenvalue weighted by Crippen LogP contribution is -2.45. The zero-order valence-corrected chi connectivity index (χ0v) is 10.4. The van der Waals surface area contributed by atoms with Gasteiger partial charge in [0.1, 0.15) is 0 Å². The maximum absolute atomic E-state index is 11.9. The molecule has 1 aliphatic carbocycles. The largest absolute Gasteiger partial charge is 0.481 e. The van der Waals surface area contributed by atoms with E-state index in [0.29, 0.717) is 38.5 Å². The molecule has 1 aliphatic heterocycles. The number of hydrogen-bond donors (Lipinski definition) is 1. The van der Waals surface area contributed by atoms with Crippen LogP contribution in [0.4, 0.5) is 0 Å². The van der Waals surface area contributed by atoms with Gasteiger partial charge in [-0.15, -0.1) is 0 Å². The predicted molar refractivity (Wildman–Crippen MR) is 63.7 cm³/mol. The Morgan fingerprint density at radius 2 is 1.50 bits per heavy atom. The average molecular weight is 253 g/mol. The number of amides is 2. The number of carbonyl (C=O) groups excluding carboxylic acids is 2. The first-order valence-electron chi connectivity index (χ1n) is 6.67. The maximum atomic E-state index is 11.9. The number of imide groups is 1. The third-order valence-corrected chi connectivity index (χ3v) is 3.98. The highest BCUT2D eigenvalue weighted by Gasteiger charge is 2.35. The summed E-state index contributed by atoms with van der Waals surface area (Å²) in [6, 6.07) is -0.0706. The highest BCUT2D eigenvalue weighted by atomic mass is 16.4. The van der Waals surface area contributed by atoms with Crippen LogP contribution in [-0.4, -0.2) is 33.8 Å². The Kier molecular flexibility index (Phi) is 3.99. The molecule has 5 nitrogen and oxygen atoms in total. The van der Waals surface area contributed by atoms with Crippen molar-refractivity contribution in [2.45, 2.75) is 57.4 Å². The van der Waals surface area contributed by atoms with Crippen LogP contribution in [0.3, 0.4) is 0 Å². The van der Waals surface area contributed by atoms with Crippen LogP contribution in [0.25, 0.3) is 0 Å². The minimum Gasteiger partial charge on any atom is -0.481 e. The number of aliphatic carboxylic acids is 1. The minimum atomic E-state index is -0.762. The second-order valence-electron chi connectivity index (χ2n) is 5.21. The number of carboxylic acid groups (broad SMARTS) is 1. The lowest BCUT2D eigenvalue weighted by atomic mass is 9.85. The molecule has 1 heterocycles. The summed E-state index contributed by atoms with van der Waals surface area (Å²) in [5, 5.41) is 8.94. The van der Waals surface area contributed by atoms with Crippen molar-refractivity contribution in [2.24, 2.45) is 5.92 Å². The van der Waals surface area contributed by atoms with Crippen LogP contribution in [-0.2, 0) is 14.4 Å². The fourth-order valence-electron chi connectivity index (χ4n) is 2.92. The predicted octanol–water partition coefficient (Wildman–Crippen LogP) is 1.56. The zero-order chi connectivity index (χ0) is 13.1. The summed E-state index contributed by atoms with van der Waals surface area (Å²) in [6.07, 6.45) is 4.86. The molecule has 0 unspecified atom stereocenters. The highest BCUT2D eigenvalue weighted by Crippen LogP contribution is 2.29. The van der Waals surface area contributed by atoms with Crippen LogP contribution in [0.2, 0.25) is 0 Å². The van der Waals surface area contributed by atoms with Gasteiger partial charge in [-0.25, -0.2) is 0 Å². The van der Waals surface area contributed by atoms with Gasteiger partial charge in [0.05, 0.1) is 5.92 Å². The molecule has 0 spiro atoms. The molecule has 0 bridgehead atoms. The molecule has 1 saturated carbocycles. The van der Waals surface area contributed by atoms with Crippen molar-refractivity contribution in [3.63, 3.8) is 0 Å². The van der Waals surface area contributed by atoms with Gasteiger partial charge in [-0.05, 0) is 38.5 Å². The van der Waals surface area contributed by atoms with Crippen LogP contribution in [0.5, 0.6) is 0 Å². The van der Waals surface area contributed by atoms with E-state index >= 15 is 0 Å². The van der Waals surface area contributed by atoms with E-state index in [2.05, 4.69) is 0 Å². The molecule has 2 aliphatic rings. The Hall–Kier alpha value is -1.39. The fraction of sp³-hybridized carbons (Fsp3) is 0.769. The summed E-state index contributed by atoms with van der Waals surface area (Å²) in [4.78, 5) is 36.2. The van der Waals surface area contributed by atoms with Gasteiger partial charge < -0.3 is 5.11 Å². The molecule has 18 heavy (non-hydrogen) atoms. The Balaban J connectivity index is 2.00. The van der Waals surface area contributed by atoms with Crippen molar-refractivity contribution < 1.29 is 19.5 Å². The first-order valence-corrected chi connectivity index (χ1v) is 6.67. The van der Waals surface area contributed by atoms with E-state index in [1.54, 1.807) is 0 Å². The van der Waals surface area contributed by atoms with Gasteiger partial charge in [-0.2, -0.15) is 0 Å². The van der Waals surface area contributed by atoms with Crippen molar-refractivity contribution in [3.05, 3.63) is 0 Å². The van der Waals surface area contributed by atoms with Gasteiger partial charge in [-0.3, -0.25) is 19.3 Å². The number of likely N-dealkylation sites (tertiary alicyclic amines) is 1. The van der Waals surface area contributed by atoms with Gasteiger partial charge in [-0.1, -0.05) is 0 Å². The summed E-state index contributed by atoms with van der Waals surface area (Å²) in [7, 11) is 0. The van der Waals surface area contributed by atoms with Gasteiger partial charge in [0.25, 0.3) is 0 Å². The van der Waals surface area contributed by atoms with Gasteiger partial charge in [0.2, 0.25) is 11.8 Å². The molecule has 0 radical (unpaired) electrons. The quantitative estimate of drug-likeness (QED) is 0.758. The first kappa shape index (κ1) is 13.1. The standard InChI is InChI=1S/C13H19NO4/c15-11-3-1-2-4-12(16)14(11)10-7-5-9(6-8-10)13(17)18/h9-10H,1-8H2,(H,17,18). The molecule has 2 fully saturated rings. The molecule has 0 aromatic rings. The molecule has 100 valence electrons. The van der Waals surface area contributed by atoms with E-state index in [-0.39, 0.29) is 23.8 Å². The molecule has 2 amide bonds. The lowest BCUT2D eigenvalue weighted by molar-refractivity contribution is -0.148. The van der Waals surface area contributed by atoms with E-state index in [1.807, 2.05) is 0 Å². The normalized spacial score (nSPS) is 30.1. The molecule has 5 heteroatoms. The lowest BCUT2D eigenvalue weighted by Gasteiger charge is -2.34. The first-order chi connectivity index (χ1) is 8.59. The van der Waals surface area contributed by atoms with Crippen molar-refractivity contribution in [3.8, 4) is 0 Å². The number of hydrogen-bond acceptors (Lipinski definition) is 3. The molecule has 0 aromatic carbocycles. The third kappa shape index (κ3) is 2.71. The molecule has 1 N–H and O–H groups in total. The molecule has 2 rings (SSSR count). The molecule has 1 saturated heterocycles. The highest BCUT2D eigenvalue weighted by molar-refractivity contribution is 5.96. The van der Waals surface area contributed by atoms with E-state index < -0.39 is 5.97 Å². The SMILES string of the molecule is O=C(O)C1CCC(N2C(=O)CCCCC2=O)CC1. The van der Waals surface area contributed by atoms with Crippen molar-refractivity contribution in [2.75, 3.05) is 0 Å². The molecular formula is C13H19NO4. The second-order valence-corrected chi connectivity index (χ2v) is 5.21. The van der Waals surface area contributed by atoms with Crippen LogP contribution in [0.1, 0.15) is 51.4 Å². The van der Waals surface area contributed by atoms with Crippen LogP contribution >= 0.6 is 0 Å². The third-order valence-electron chi connectivity index (χ3n) is 3.98.